The Kier molecular flexibility index (Phi) is 2.64. The zero-order valence-corrected chi connectivity index (χ0v) is 11.0. The van der Waals surface area contributed by atoms with Gasteiger partial charge in [0.25, 0.3) is 5.56 Å². The topological polar surface area (TPSA) is 103 Å². The van der Waals surface area contributed by atoms with Crippen LogP contribution in [0.1, 0.15) is 30.9 Å². The first kappa shape index (κ1) is 12.2. The number of nitrogens with zero attached hydrogens (tertiary/aromatic N) is 4. The minimum Gasteiger partial charge on any atom is -0.295 e. The molecule has 0 spiro atoms. The summed E-state index contributed by atoms with van der Waals surface area (Å²) < 4.78 is 1.30. The minimum atomic E-state index is -0.198. The van der Waals surface area contributed by atoms with E-state index < -0.39 is 0 Å². The van der Waals surface area contributed by atoms with Gasteiger partial charge in [-0.2, -0.15) is 10.4 Å². The molecule has 3 aromatic heterocycles. The summed E-state index contributed by atoms with van der Waals surface area (Å²) in [5.41, 5.74) is 2.25. The second-order valence-corrected chi connectivity index (χ2v) is 4.76. The maximum absolute atomic E-state index is 12.6. The SMILES string of the molecule is CC(C)c1c(-c2ccn[nH]2)nc2c(C#N)c[nH]n2c1=O. The molecule has 0 amide bonds. The van der Waals surface area contributed by atoms with Crippen LogP contribution in [-0.2, 0) is 0 Å². The number of aromatic amines is 2. The number of nitrogens with one attached hydrogen (secondary N) is 2. The van der Waals surface area contributed by atoms with Gasteiger partial charge in [0.05, 0.1) is 11.4 Å². The van der Waals surface area contributed by atoms with E-state index in [1.807, 2.05) is 19.9 Å². The van der Waals surface area contributed by atoms with Crippen molar-refractivity contribution in [3.05, 3.63) is 39.9 Å². The Morgan fingerprint density at radius 3 is 2.85 bits per heavy atom. The lowest BCUT2D eigenvalue weighted by Gasteiger charge is -2.10. The van der Waals surface area contributed by atoms with E-state index >= 15 is 0 Å². The molecule has 0 unspecified atom stereocenters. The van der Waals surface area contributed by atoms with Crippen LogP contribution >= 0.6 is 0 Å². The summed E-state index contributed by atoms with van der Waals surface area (Å²) in [5.74, 6) is -0.000893. The van der Waals surface area contributed by atoms with Crippen LogP contribution < -0.4 is 5.56 Å². The first-order chi connectivity index (χ1) is 9.63. The molecule has 0 atom stereocenters. The standard InChI is InChI=1S/C13H12N6O/c1-7(2)10-11(9-3-4-15-18-9)17-12-8(5-14)6-16-19(12)13(10)20/h3-4,6-7,16H,1-2H3,(H,15,18). The van der Waals surface area contributed by atoms with Crippen molar-refractivity contribution in [2.75, 3.05) is 0 Å². The molecule has 3 aromatic rings. The van der Waals surface area contributed by atoms with Gasteiger partial charge in [-0.15, -0.1) is 0 Å². The van der Waals surface area contributed by atoms with E-state index in [-0.39, 0.29) is 11.5 Å². The van der Waals surface area contributed by atoms with Gasteiger partial charge in [-0.1, -0.05) is 13.8 Å². The Labute approximate surface area is 113 Å². The summed E-state index contributed by atoms with van der Waals surface area (Å²) in [7, 11) is 0. The van der Waals surface area contributed by atoms with Gasteiger partial charge in [0.15, 0.2) is 5.65 Å². The fourth-order valence-corrected chi connectivity index (χ4v) is 2.22. The van der Waals surface area contributed by atoms with Crippen molar-refractivity contribution in [3.8, 4) is 17.5 Å². The number of aromatic nitrogens is 5. The van der Waals surface area contributed by atoms with Crippen LogP contribution in [0.5, 0.6) is 0 Å². The quantitative estimate of drug-likeness (QED) is 0.733. The summed E-state index contributed by atoms with van der Waals surface area (Å²) in [6.45, 7) is 3.86. The molecule has 7 heteroatoms. The average molecular weight is 268 g/mol. The predicted molar refractivity (Wildman–Crippen MR) is 72.2 cm³/mol. The van der Waals surface area contributed by atoms with Gasteiger partial charge in [0, 0.05) is 18.0 Å². The number of rotatable bonds is 2. The summed E-state index contributed by atoms with van der Waals surface area (Å²) in [4.78, 5) is 17.0. The van der Waals surface area contributed by atoms with E-state index in [0.717, 1.165) is 0 Å². The lowest BCUT2D eigenvalue weighted by atomic mass is 10.0. The van der Waals surface area contributed by atoms with Gasteiger partial charge < -0.3 is 0 Å². The van der Waals surface area contributed by atoms with Crippen LogP contribution in [-0.4, -0.2) is 24.8 Å². The zero-order chi connectivity index (χ0) is 14.3. The van der Waals surface area contributed by atoms with Crippen LogP contribution in [0.25, 0.3) is 17.0 Å². The highest BCUT2D eigenvalue weighted by molar-refractivity contribution is 5.65. The van der Waals surface area contributed by atoms with Crippen molar-refractivity contribution in [2.45, 2.75) is 19.8 Å². The Morgan fingerprint density at radius 1 is 1.45 bits per heavy atom. The molecule has 0 aliphatic heterocycles. The van der Waals surface area contributed by atoms with Crippen molar-refractivity contribution < 1.29 is 0 Å². The summed E-state index contributed by atoms with van der Waals surface area (Å²) in [6.07, 6.45) is 3.08. The lowest BCUT2D eigenvalue weighted by Crippen LogP contribution is -2.22. The van der Waals surface area contributed by atoms with Gasteiger partial charge in [-0.3, -0.25) is 15.0 Å². The number of hydrogen-bond donors (Lipinski definition) is 2. The van der Waals surface area contributed by atoms with Gasteiger partial charge >= 0.3 is 0 Å². The highest BCUT2D eigenvalue weighted by atomic mass is 16.1. The Hall–Kier alpha value is -2.88. The molecule has 3 heterocycles. The van der Waals surface area contributed by atoms with Gasteiger partial charge in [-0.25, -0.2) is 9.50 Å². The van der Waals surface area contributed by atoms with Crippen LogP contribution in [0, 0.1) is 11.3 Å². The molecule has 0 radical (unpaired) electrons. The molecule has 0 saturated heterocycles. The Balaban J connectivity index is 2.46. The third-order valence-electron chi connectivity index (χ3n) is 3.15. The molecule has 7 nitrogen and oxygen atoms in total. The molecule has 0 bridgehead atoms. The molecule has 0 aliphatic carbocycles. The first-order valence-corrected chi connectivity index (χ1v) is 6.17. The van der Waals surface area contributed by atoms with E-state index in [0.29, 0.717) is 28.2 Å². The number of nitriles is 1. The molecule has 3 rings (SSSR count). The van der Waals surface area contributed by atoms with Crippen molar-refractivity contribution in [1.82, 2.24) is 24.8 Å². The highest BCUT2D eigenvalue weighted by Crippen LogP contribution is 2.24. The second-order valence-electron chi connectivity index (χ2n) is 4.76. The fraction of sp³-hybridized carbons (Fsp3) is 0.231. The van der Waals surface area contributed by atoms with Crippen LogP contribution in [0.3, 0.4) is 0 Å². The third-order valence-corrected chi connectivity index (χ3v) is 3.15. The van der Waals surface area contributed by atoms with Crippen molar-refractivity contribution in [2.24, 2.45) is 0 Å². The Bertz CT molecular complexity index is 863. The lowest BCUT2D eigenvalue weighted by molar-refractivity contribution is 0.796. The monoisotopic (exact) mass is 268 g/mol. The zero-order valence-electron chi connectivity index (χ0n) is 11.0. The molecular weight excluding hydrogens is 256 g/mol. The molecule has 0 fully saturated rings. The molecule has 0 aromatic carbocycles. The Morgan fingerprint density at radius 2 is 2.25 bits per heavy atom. The maximum Gasteiger partial charge on any atom is 0.276 e. The van der Waals surface area contributed by atoms with E-state index in [1.165, 1.54) is 10.7 Å². The van der Waals surface area contributed by atoms with Gasteiger partial charge in [0.2, 0.25) is 0 Å². The van der Waals surface area contributed by atoms with E-state index in [1.54, 1.807) is 12.3 Å². The largest absolute Gasteiger partial charge is 0.295 e. The van der Waals surface area contributed by atoms with E-state index in [2.05, 4.69) is 20.3 Å². The smallest absolute Gasteiger partial charge is 0.276 e. The molecule has 20 heavy (non-hydrogen) atoms. The summed E-state index contributed by atoms with van der Waals surface area (Å²) in [6, 6.07) is 3.77. The minimum absolute atomic E-state index is 0.000893. The second kappa shape index (κ2) is 4.35. The van der Waals surface area contributed by atoms with E-state index in [4.69, 9.17) is 5.26 Å². The van der Waals surface area contributed by atoms with Crippen LogP contribution in [0.2, 0.25) is 0 Å². The number of hydrogen-bond acceptors (Lipinski definition) is 4. The van der Waals surface area contributed by atoms with Gasteiger partial charge in [-0.05, 0) is 12.0 Å². The molecule has 100 valence electrons. The summed E-state index contributed by atoms with van der Waals surface area (Å²) >= 11 is 0. The summed E-state index contributed by atoms with van der Waals surface area (Å²) in [5, 5.41) is 18.5. The first-order valence-electron chi connectivity index (χ1n) is 6.17. The molecule has 0 saturated carbocycles. The maximum atomic E-state index is 12.6. The normalized spacial score (nSPS) is 11.1. The highest BCUT2D eigenvalue weighted by Gasteiger charge is 2.20. The van der Waals surface area contributed by atoms with Gasteiger partial charge in [0.1, 0.15) is 11.6 Å². The third kappa shape index (κ3) is 1.62. The predicted octanol–water partition coefficient (Wildman–Crippen LogP) is 1.41. The van der Waals surface area contributed by atoms with Crippen molar-refractivity contribution in [1.29, 1.82) is 5.26 Å². The molecule has 2 N–H and O–H groups in total. The van der Waals surface area contributed by atoms with Crippen molar-refractivity contribution in [3.63, 3.8) is 0 Å². The van der Waals surface area contributed by atoms with Crippen LogP contribution in [0.15, 0.2) is 23.3 Å². The average Bonchev–Trinajstić information content (AvgIpc) is 3.07. The molecule has 0 aliphatic rings. The number of fused-ring (bicyclic) bond motifs is 1. The van der Waals surface area contributed by atoms with E-state index in [9.17, 15) is 4.79 Å². The van der Waals surface area contributed by atoms with Crippen LogP contribution in [0.4, 0.5) is 0 Å². The number of H-pyrrole nitrogens is 2. The fourth-order valence-electron chi connectivity index (χ4n) is 2.22. The van der Waals surface area contributed by atoms with Crippen molar-refractivity contribution >= 4 is 5.65 Å². The molecular formula is C13H12N6O.